The number of ether oxygens (including phenoxy) is 1. The van der Waals surface area contributed by atoms with E-state index in [1.54, 1.807) is 16.9 Å². The number of rotatable bonds is 5. The molecule has 20 heavy (non-hydrogen) atoms. The molecule has 1 heterocycles. The van der Waals surface area contributed by atoms with Crippen LogP contribution in [0.5, 0.6) is 5.75 Å². The van der Waals surface area contributed by atoms with Crippen molar-refractivity contribution >= 4 is 5.82 Å². The van der Waals surface area contributed by atoms with E-state index in [4.69, 9.17) is 10.5 Å². The minimum Gasteiger partial charge on any atom is -0.494 e. The average Bonchev–Trinajstić information content (AvgIpc) is 2.80. The van der Waals surface area contributed by atoms with Gasteiger partial charge in [-0.25, -0.2) is 0 Å². The van der Waals surface area contributed by atoms with Crippen molar-refractivity contribution in [3.63, 3.8) is 0 Å². The predicted molar refractivity (Wildman–Crippen MR) is 68.2 cm³/mol. The molecule has 108 valence electrons. The Kier molecular flexibility index (Phi) is 4.16. The molecule has 0 bridgehead atoms. The summed E-state index contributed by atoms with van der Waals surface area (Å²) in [5.74, 6) is 0.642. The Morgan fingerprint density at radius 1 is 1.25 bits per heavy atom. The monoisotopic (exact) mass is 285 g/mol. The maximum atomic E-state index is 12.5. The second-order valence-electron chi connectivity index (χ2n) is 4.23. The van der Waals surface area contributed by atoms with Crippen molar-refractivity contribution in [3.05, 3.63) is 42.1 Å². The number of halogens is 3. The molecule has 2 rings (SSSR count). The molecule has 1 aromatic heterocycles. The third-order valence-corrected chi connectivity index (χ3v) is 2.62. The lowest BCUT2D eigenvalue weighted by Crippen LogP contribution is -2.07. The first-order valence-electron chi connectivity index (χ1n) is 6.04. The van der Waals surface area contributed by atoms with Crippen molar-refractivity contribution in [1.82, 2.24) is 9.78 Å². The van der Waals surface area contributed by atoms with Gasteiger partial charge in [0.15, 0.2) is 0 Å². The zero-order chi connectivity index (χ0) is 14.6. The first kappa shape index (κ1) is 14.2. The number of aryl methyl sites for hydroxylation is 1. The Hall–Kier alpha value is -2.18. The normalized spacial score (nSPS) is 11.6. The lowest BCUT2D eigenvalue weighted by molar-refractivity contribution is -0.137. The Balaban J connectivity index is 1.82. The topological polar surface area (TPSA) is 53.1 Å². The number of nitrogens with two attached hydrogens (primary N) is 1. The average molecular weight is 285 g/mol. The Morgan fingerprint density at radius 3 is 2.70 bits per heavy atom. The van der Waals surface area contributed by atoms with Gasteiger partial charge in [0.2, 0.25) is 0 Å². The highest BCUT2D eigenvalue weighted by atomic mass is 19.4. The molecule has 0 saturated heterocycles. The van der Waals surface area contributed by atoms with Crippen molar-refractivity contribution in [3.8, 4) is 5.75 Å². The zero-order valence-electron chi connectivity index (χ0n) is 10.6. The molecule has 2 aromatic rings. The number of hydrogen-bond acceptors (Lipinski definition) is 3. The first-order valence-corrected chi connectivity index (χ1v) is 6.04. The largest absolute Gasteiger partial charge is 0.494 e. The van der Waals surface area contributed by atoms with Crippen LogP contribution in [0.2, 0.25) is 0 Å². The van der Waals surface area contributed by atoms with Gasteiger partial charge in [0.1, 0.15) is 11.6 Å². The molecule has 0 saturated carbocycles. The molecule has 1 aromatic carbocycles. The molecule has 0 fully saturated rings. The molecule has 0 amide bonds. The summed E-state index contributed by atoms with van der Waals surface area (Å²) in [5, 5.41) is 3.99. The highest BCUT2D eigenvalue weighted by molar-refractivity contribution is 5.30. The molecule has 0 aliphatic rings. The second-order valence-corrected chi connectivity index (χ2v) is 4.23. The first-order chi connectivity index (χ1) is 9.45. The van der Waals surface area contributed by atoms with Gasteiger partial charge in [0, 0.05) is 19.2 Å². The van der Waals surface area contributed by atoms with Crippen LogP contribution in [0.4, 0.5) is 19.0 Å². The number of nitrogen functional groups attached to an aromatic ring is 1. The summed E-state index contributed by atoms with van der Waals surface area (Å²) in [6.07, 6.45) is -2.00. The van der Waals surface area contributed by atoms with Crippen LogP contribution >= 0.6 is 0 Å². The van der Waals surface area contributed by atoms with Crippen LogP contribution in [0.3, 0.4) is 0 Å². The highest BCUT2D eigenvalue weighted by Crippen LogP contribution is 2.31. The van der Waals surface area contributed by atoms with E-state index in [-0.39, 0.29) is 5.75 Å². The van der Waals surface area contributed by atoms with Crippen LogP contribution in [0, 0.1) is 0 Å². The van der Waals surface area contributed by atoms with Crippen molar-refractivity contribution in [2.75, 3.05) is 12.3 Å². The van der Waals surface area contributed by atoms with E-state index >= 15 is 0 Å². The lowest BCUT2D eigenvalue weighted by atomic mass is 10.2. The van der Waals surface area contributed by atoms with Gasteiger partial charge in [0.25, 0.3) is 0 Å². The van der Waals surface area contributed by atoms with Crippen LogP contribution in [-0.2, 0) is 12.7 Å². The van der Waals surface area contributed by atoms with E-state index in [0.717, 1.165) is 12.1 Å². The van der Waals surface area contributed by atoms with Gasteiger partial charge in [-0.2, -0.15) is 18.3 Å². The van der Waals surface area contributed by atoms with Crippen molar-refractivity contribution in [2.24, 2.45) is 0 Å². The van der Waals surface area contributed by atoms with Gasteiger partial charge >= 0.3 is 6.18 Å². The summed E-state index contributed by atoms with van der Waals surface area (Å²) in [7, 11) is 0. The summed E-state index contributed by atoms with van der Waals surface area (Å²) in [6.45, 7) is 0.900. The predicted octanol–water partition coefficient (Wildman–Crippen LogP) is 2.95. The summed E-state index contributed by atoms with van der Waals surface area (Å²) in [5.41, 5.74) is 4.75. The quantitative estimate of drug-likeness (QED) is 0.859. The number of anilines is 1. The maximum Gasteiger partial charge on any atom is 0.416 e. The lowest BCUT2D eigenvalue weighted by Gasteiger charge is -2.10. The summed E-state index contributed by atoms with van der Waals surface area (Å²) < 4.78 is 44.5. The van der Waals surface area contributed by atoms with E-state index in [1.165, 1.54) is 12.1 Å². The third kappa shape index (κ3) is 3.91. The van der Waals surface area contributed by atoms with Gasteiger partial charge in [-0.15, -0.1) is 0 Å². The molecule has 0 atom stereocenters. The van der Waals surface area contributed by atoms with Crippen molar-refractivity contribution < 1.29 is 17.9 Å². The van der Waals surface area contributed by atoms with Gasteiger partial charge in [0.05, 0.1) is 12.2 Å². The molecule has 0 unspecified atom stereocenters. The number of alkyl halides is 3. The second kappa shape index (κ2) is 5.85. The summed E-state index contributed by atoms with van der Waals surface area (Å²) >= 11 is 0. The highest BCUT2D eigenvalue weighted by Gasteiger charge is 2.30. The molecule has 0 aliphatic carbocycles. The van der Waals surface area contributed by atoms with E-state index in [2.05, 4.69) is 5.10 Å². The third-order valence-electron chi connectivity index (χ3n) is 2.62. The fourth-order valence-electron chi connectivity index (χ4n) is 1.68. The van der Waals surface area contributed by atoms with Crippen LogP contribution in [0.1, 0.15) is 12.0 Å². The number of aromatic nitrogens is 2. The smallest absolute Gasteiger partial charge is 0.416 e. The van der Waals surface area contributed by atoms with Gasteiger partial charge < -0.3 is 10.5 Å². The van der Waals surface area contributed by atoms with Gasteiger partial charge in [-0.1, -0.05) is 6.07 Å². The molecule has 7 heteroatoms. The minimum absolute atomic E-state index is 0.208. The molecule has 4 nitrogen and oxygen atoms in total. The SMILES string of the molecule is Nc1ccn(CCCOc2cccc(C(F)(F)F)c2)n1. The Labute approximate surface area is 114 Å². The standard InChI is InChI=1S/C13H14F3N3O/c14-13(15,16)10-3-1-4-11(9-10)20-8-2-6-19-7-5-12(17)18-19/h1,3-5,7,9H,2,6,8H2,(H2,17,18). The Morgan fingerprint density at radius 2 is 2.05 bits per heavy atom. The van der Waals surface area contributed by atoms with Crippen LogP contribution < -0.4 is 10.5 Å². The molecular formula is C13H14F3N3O. The summed E-state index contributed by atoms with van der Waals surface area (Å²) in [6, 6.07) is 6.51. The number of nitrogens with zero attached hydrogens (tertiary/aromatic N) is 2. The van der Waals surface area contributed by atoms with E-state index in [0.29, 0.717) is 25.4 Å². The van der Waals surface area contributed by atoms with Crippen LogP contribution in [0.15, 0.2) is 36.5 Å². The summed E-state index contributed by atoms with van der Waals surface area (Å²) in [4.78, 5) is 0. The van der Waals surface area contributed by atoms with E-state index < -0.39 is 11.7 Å². The van der Waals surface area contributed by atoms with Crippen molar-refractivity contribution in [2.45, 2.75) is 19.1 Å². The van der Waals surface area contributed by atoms with Gasteiger partial charge in [-0.05, 0) is 24.3 Å². The fraction of sp³-hybridized carbons (Fsp3) is 0.308. The fourth-order valence-corrected chi connectivity index (χ4v) is 1.68. The molecular weight excluding hydrogens is 271 g/mol. The number of hydrogen-bond donors (Lipinski definition) is 1. The van der Waals surface area contributed by atoms with Gasteiger partial charge in [-0.3, -0.25) is 4.68 Å². The zero-order valence-corrected chi connectivity index (χ0v) is 10.6. The number of benzene rings is 1. The molecule has 0 radical (unpaired) electrons. The molecule has 0 spiro atoms. The minimum atomic E-state index is -4.36. The Bertz CT molecular complexity index is 566. The van der Waals surface area contributed by atoms with Crippen LogP contribution in [-0.4, -0.2) is 16.4 Å². The molecule has 2 N–H and O–H groups in total. The maximum absolute atomic E-state index is 12.5. The van der Waals surface area contributed by atoms with Crippen LogP contribution in [0.25, 0.3) is 0 Å². The van der Waals surface area contributed by atoms with E-state index in [9.17, 15) is 13.2 Å². The van der Waals surface area contributed by atoms with E-state index in [1.807, 2.05) is 0 Å². The molecule has 0 aliphatic heterocycles. The van der Waals surface area contributed by atoms with Crippen molar-refractivity contribution in [1.29, 1.82) is 0 Å².